The van der Waals surface area contributed by atoms with Crippen LogP contribution in [0.3, 0.4) is 0 Å². The van der Waals surface area contributed by atoms with Crippen molar-refractivity contribution in [2.24, 2.45) is 0 Å². The highest BCUT2D eigenvalue weighted by molar-refractivity contribution is 5.94. The van der Waals surface area contributed by atoms with E-state index in [1.54, 1.807) is 0 Å². The van der Waals surface area contributed by atoms with Crippen LogP contribution in [0, 0.1) is 0 Å². The average molecular weight is 387 g/mol. The van der Waals surface area contributed by atoms with Gasteiger partial charge in [-0.15, -0.1) is 0 Å². The molecular formula is C24H25N3O2. The third-order valence-corrected chi connectivity index (χ3v) is 5.14. The Kier molecular flexibility index (Phi) is 6.17. The van der Waals surface area contributed by atoms with Crippen LogP contribution in [0.25, 0.3) is 0 Å². The molecule has 0 unspecified atom stereocenters. The number of carbonyl (C=O) groups is 1. The van der Waals surface area contributed by atoms with Gasteiger partial charge in [-0.1, -0.05) is 36.4 Å². The molecule has 0 spiro atoms. The van der Waals surface area contributed by atoms with Gasteiger partial charge in [0.1, 0.15) is 12.4 Å². The van der Waals surface area contributed by atoms with E-state index in [0.29, 0.717) is 12.2 Å². The van der Waals surface area contributed by atoms with Gasteiger partial charge in [0.15, 0.2) is 0 Å². The first-order valence-electron chi connectivity index (χ1n) is 9.95. The van der Waals surface area contributed by atoms with E-state index in [0.717, 1.165) is 44.0 Å². The van der Waals surface area contributed by atoms with Gasteiger partial charge in [0.2, 0.25) is 0 Å². The Morgan fingerprint density at radius 3 is 2.38 bits per heavy atom. The topological polar surface area (TPSA) is 45.7 Å². The number of aromatic nitrogens is 1. The predicted octanol–water partition coefficient (Wildman–Crippen LogP) is 3.62. The normalized spacial score (nSPS) is 14.6. The number of nitrogens with zero attached hydrogens (tertiary/aromatic N) is 3. The van der Waals surface area contributed by atoms with Crippen molar-refractivity contribution < 1.29 is 9.53 Å². The number of pyridine rings is 1. The van der Waals surface area contributed by atoms with Crippen LogP contribution in [-0.2, 0) is 13.2 Å². The molecule has 1 aromatic heterocycles. The lowest BCUT2D eigenvalue weighted by Crippen LogP contribution is -2.48. The van der Waals surface area contributed by atoms with Crippen LogP contribution in [-0.4, -0.2) is 46.9 Å². The Hall–Kier alpha value is -3.18. The molecule has 1 fully saturated rings. The summed E-state index contributed by atoms with van der Waals surface area (Å²) in [5.74, 6) is 0.787. The van der Waals surface area contributed by atoms with Gasteiger partial charge in [-0.2, -0.15) is 0 Å². The maximum absolute atomic E-state index is 12.9. The maximum Gasteiger partial charge on any atom is 0.254 e. The van der Waals surface area contributed by atoms with Crippen molar-refractivity contribution in [3.05, 3.63) is 95.8 Å². The molecule has 29 heavy (non-hydrogen) atoms. The maximum atomic E-state index is 12.9. The molecular weight excluding hydrogens is 362 g/mol. The second kappa shape index (κ2) is 9.34. The molecule has 5 heteroatoms. The first kappa shape index (κ1) is 19.2. The summed E-state index contributed by atoms with van der Waals surface area (Å²) in [5.41, 5.74) is 3.04. The Morgan fingerprint density at radius 1 is 0.862 bits per heavy atom. The summed E-state index contributed by atoms with van der Waals surface area (Å²) in [6, 6.07) is 21.6. The zero-order valence-corrected chi connectivity index (χ0v) is 16.4. The minimum atomic E-state index is 0.0683. The molecule has 3 aromatic rings. The fourth-order valence-corrected chi connectivity index (χ4v) is 3.50. The molecule has 0 saturated carbocycles. The molecule has 2 aromatic carbocycles. The van der Waals surface area contributed by atoms with Crippen LogP contribution in [0.1, 0.15) is 21.5 Å². The summed E-state index contributed by atoms with van der Waals surface area (Å²) < 4.78 is 5.87. The van der Waals surface area contributed by atoms with Gasteiger partial charge in [0.25, 0.3) is 5.91 Å². The molecule has 1 amide bonds. The van der Waals surface area contributed by atoms with Gasteiger partial charge in [0, 0.05) is 50.7 Å². The molecule has 0 N–H and O–H groups in total. The van der Waals surface area contributed by atoms with Crippen molar-refractivity contribution in [2.75, 3.05) is 26.2 Å². The van der Waals surface area contributed by atoms with E-state index in [4.69, 9.17) is 4.74 Å². The molecule has 4 rings (SSSR count). The van der Waals surface area contributed by atoms with Crippen LogP contribution in [0.2, 0.25) is 0 Å². The highest BCUT2D eigenvalue weighted by Gasteiger charge is 2.22. The Labute approximate surface area is 171 Å². The minimum absolute atomic E-state index is 0.0683. The van der Waals surface area contributed by atoms with Crippen LogP contribution >= 0.6 is 0 Å². The third-order valence-electron chi connectivity index (χ3n) is 5.14. The van der Waals surface area contributed by atoms with E-state index < -0.39 is 0 Å². The van der Waals surface area contributed by atoms with Crippen molar-refractivity contribution in [3.63, 3.8) is 0 Å². The summed E-state index contributed by atoms with van der Waals surface area (Å²) in [5, 5.41) is 0. The number of benzene rings is 2. The molecule has 0 bridgehead atoms. The molecule has 0 aliphatic carbocycles. The van der Waals surface area contributed by atoms with Gasteiger partial charge in [-0.3, -0.25) is 14.7 Å². The number of rotatable bonds is 6. The molecule has 2 heterocycles. The highest BCUT2D eigenvalue weighted by atomic mass is 16.5. The van der Waals surface area contributed by atoms with E-state index in [9.17, 15) is 4.79 Å². The lowest BCUT2D eigenvalue weighted by atomic mass is 10.1. The molecule has 0 radical (unpaired) electrons. The molecule has 0 atom stereocenters. The van der Waals surface area contributed by atoms with Crippen molar-refractivity contribution in [3.8, 4) is 5.75 Å². The quantitative estimate of drug-likeness (QED) is 0.648. The van der Waals surface area contributed by atoms with Crippen LogP contribution in [0.15, 0.2) is 79.1 Å². The van der Waals surface area contributed by atoms with Gasteiger partial charge in [-0.05, 0) is 41.5 Å². The summed E-state index contributed by atoms with van der Waals surface area (Å²) >= 11 is 0. The van der Waals surface area contributed by atoms with Crippen molar-refractivity contribution in [2.45, 2.75) is 13.2 Å². The SMILES string of the molecule is O=C(c1cccc(OCc2ccccc2)c1)N1CCN(Cc2ccncc2)CC1. The van der Waals surface area contributed by atoms with Crippen LogP contribution in [0.4, 0.5) is 0 Å². The molecule has 1 aliphatic heterocycles. The second-order valence-electron chi connectivity index (χ2n) is 7.23. The number of ether oxygens (including phenoxy) is 1. The van der Waals surface area contributed by atoms with Gasteiger partial charge in [0.05, 0.1) is 0 Å². The van der Waals surface area contributed by atoms with E-state index >= 15 is 0 Å². The van der Waals surface area contributed by atoms with E-state index in [1.165, 1.54) is 5.56 Å². The highest BCUT2D eigenvalue weighted by Crippen LogP contribution is 2.18. The first-order chi connectivity index (χ1) is 14.3. The fraction of sp³-hybridized carbons (Fsp3) is 0.250. The minimum Gasteiger partial charge on any atom is -0.489 e. The lowest BCUT2D eigenvalue weighted by molar-refractivity contribution is 0.0628. The van der Waals surface area contributed by atoms with Gasteiger partial charge >= 0.3 is 0 Å². The Balaban J connectivity index is 1.31. The van der Waals surface area contributed by atoms with Gasteiger partial charge in [-0.25, -0.2) is 0 Å². The largest absolute Gasteiger partial charge is 0.489 e. The Bertz CT molecular complexity index is 923. The molecule has 148 valence electrons. The van der Waals surface area contributed by atoms with Crippen molar-refractivity contribution in [1.82, 2.24) is 14.8 Å². The predicted molar refractivity (Wildman–Crippen MR) is 113 cm³/mol. The van der Waals surface area contributed by atoms with E-state index in [1.807, 2.05) is 84.0 Å². The van der Waals surface area contributed by atoms with Crippen LogP contribution < -0.4 is 4.74 Å². The fourth-order valence-electron chi connectivity index (χ4n) is 3.50. The van der Waals surface area contributed by atoms with Gasteiger partial charge < -0.3 is 9.64 Å². The number of hydrogen-bond acceptors (Lipinski definition) is 4. The molecule has 1 saturated heterocycles. The van der Waals surface area contributed by atoms with Crippen molar-refractivity contribution in [1.29, 1.82) is 0 Å². The van der Waals surface area contributed by atoms with Crippen LogP contribution in [0.5, 0.6) is 5.75 Å². The number of carbonyl (C=O) groups excluding carboxylic acids is 1. The number of piperazine rings is 1. The van der Waals surface area contributed by atoms with Crippen molar-refractivity contribution >= 4 is 5.91 Å². The smallest absolute Gasteiger partial charge is 0.254 e. The van der Waals surface area contributed by atoms with E-state index in [2.05, 4.69) is 9.88 Å². The number of hydrogen-bond donors (Lipinski definition) is 0. The third kappa shape index (κ3) is 5.21. The number of amides is 1. The summed E-state index contributed by atoms with van der Waals surface area (Å²) in [7, 11) is 0. The Morgan fingerprint density at radius 2 is 1.62 bits per heavy atom. The monoisotopic (exact) mass is 387 g/mol. The second-order valence-corrected chi connectivity index (χ2v) is 7.23. The average Bonchev–Trinajstić information content (AvgIpc) is 2.79. The zero-order chi connectivity index (χ0) is 19.9. The van der Waals surface area contributed by atoms with E-state index in [-0.39, 0.29) is 5.91 Å². The summed E-state index contributed by atoms with van der Waals surface area (Å²) in [4.78, 5) is 21.3. The zero-order valence-electron chi connectivity index (χ0n) is 16.4. The standard InChI is InChI=1S/C24H25N3O2/c28-24(27-15-13-26(14-16-27)18-20-9-11-25-12-10-20)22-7-4-8-23(17-22)29-19-21-5-2-1-3-6-21/h1-12,17H,13-16,18-19H2. The molecule has 1 aliphatic rings. The lowest BCUT2D eigenvalue weighted by Gasteiger charge is -2.34. The summed E-state index contributed by atoms with van der Waals surface area (Å²) in [6.45, 7) is 4.61. The first-order valence-corrected chi connectivity index (χ1v) is 9.95. The summed E-state index contributed by atoms with van der Waals surface area (Å²) in [6.07, 6.45) is 3.64. The molecule has 5 nitrogen and oxygen atoms in total.